The van der Waals surface area contributed by atoms with Crippen molar-refractivity contribution in [3.63, 3.8) is 0 Å². The van der Waals surface area contributed by atoms with Gasteiger partial charge in [-0.1, -0.05) is 23.7 Å². The van der Waals surface area contributed by atoms with E-state index in [0.29, 0.717) is 5.69 Å². The summed E-state index contributed by atoms with van der Waals surface area (Å²) in [6.07, 6.45) is 2.84. The van der Waals surface area contributed by atoms with Crippen molar-refractivity contribution in [2.75, 3.05) is 18.0 Å². The highest BCUT2D eigenvalue weighted by molar-refractivity contribution is 7.92. The maximum absolute atomic E-state index is 13.6. The summed E-state index contributed by atoms with van der Waals surface area (Å²) in [6.45, 7) is 0.764. The molecule has 1 aromatic heterocycles. The average molecular weight is 518 g/mol. The number of halogens is 1. The summed E-state index contributed by atoms with van der Waals surface area (Å²) in [7, 11) is -3.16. The number of carbonyl (C=O) groups excluding carboxylic acids is 1. The van der Waals surface area contributed by atoms with E-state index < -0.39 is 27.4 Å². The van der Waals surface area contributed by atoms with Gasteiger partial charge in [0.05, 0.1) is 34.5 Å². The first-order valence-corrected chi connectivity index (χ1v) is 11.8. The van der Waals surface area contributed by atoms with Crippen LogP contribution in [0.4, 0.5) is 11.4 Å². The maximum atomic E-state index is 13.6. The number of carbonyl (C=O) groups is 1. The van der Waals surface area contributed by atoms with Crippen molar-refractivity contribution in [1.29, 1.82) is 0 Å². The molecular formula is C22H20ClN5O6S. The topological polar surface area (TPSA) is 144 Å². The molecule has 1 amide bonds. The SMILES string of the molecule is COc1ccc(Cl)cc1N(CC(=O)NN=Cc1ccccn1)S(=O)(=O)c1ccc(C)c([N+](=O)[O-])c1. The van der Waals surface area contributed by atoms with Crippen molar-refractivity contribution in [2.24, 2.45) is 5.10 Å². The number of hydrazone groups is 1. The third-order valence-corrected chi connectivity index (χ3v) is 6.73. The van der Waals surface area contributed by atoms with Gasteiger partial charge in [-0.05, 0) is 43.3 Å². The van der Waals surface area contributed by atoms with Crippen LogP contribution in [0.5, 0.6) is 5.75 Å². The molecule has 0 unspecified atom stereocenters. The molecule has 1 N–H and O–H groups in total. The van der Waals surface area contributed by atoms with Gasteiger partial charge in [-0.2, -0.15) is 5.10 Å². The van der Waals surface area contributed by atoms with Crippen LogP contribution in [0, 0.1) is 17.0 Å². The van der Waals surface area contributed by atoms with Gasteiger partial charge in [-0.25, -0.2) is 13.8 Å². The Morgan fingerprint density at radius 1 is 1.26 bits per heavy atom. The fourth-order valence-electron chi connectivity index (χ4n) is 3.02. The third-order valence-electron chi connectivity index (χ3n) is 4.74. The lowest BCUT2D eigenvalue weighted by molar-refractivity contribution is -0.385. The summed E-state index contributed by atoms with van der Waals surface area (Å²) in [6, 6.07) is 12.8. The molecule has 11 nitrogen and oxygen atoms in total. The molecule has 2 aromatic carbocycles. The molecule has 0 spiro atoms. The number of hydrogen-bond donors (Lipinski definition) is 1. The molecule has 1 heterocycles. The first-order chi connectivity index (χ1) is 16.6. The number of nitro benzene ring substituents is 1. The van der Waals surface area contributed by atoms with Crippen molar-refractivity contribution >= 4 is 45.1 Å². The molecule has 182 valence electrons. The summed E-state index contributed by atoms with van der Waals surface area (Å²) in [5.41, 5.74) is 2.58. The highest BCUT2D eigenvalue weighted by Crippen LogP contribution is 2.35. The minimum Gasteiger partial charge on any atom is -0.495 e. The lowest BCUT2D eigenvalue weighted by atomic mass is 10.2. The lowest BCUT2D eigenvalue weighted by Gasteiger charge is -2.25. The number of methoxy groups -OCH3 is 1. The number of ether oxygens (including phenoxy) is 1. The molecule has 0 saturated carbocycles. The molecule has 0 fully saturated rings. The van der Waals surface area contributed by atoms with Gasteiger partial charge in [-0.3, -0.25) is 24.2 Å². The lowest BCUT2D eigenvalue weighted by Crippen LogP contribution is -2.39. The average Bonchev–Trinajstić information content (AvgIpc) is 2.83. The summed E-state index contributed by atoms with van der Waals surface area (Å²) in [5.74, 6) is -0.672. The fourth-order valence-corrected chi connectivity index (χ4v) is 4.63. The van der Waals surface area contributed by atoms with Crippen LogP contribution in [-0.4, -0.2) is 44.1 Å². The van der Waals surface area contributed by atoms with E-state index in [1.807, 2.05) is 0 Å². The van der Waals surface area contributed by atoms with E-state index in [1.54, 1.807) is 24.4 Å². The fraction of sp³-hybridized carbons (Fsp3) is 0.136. The minimum absolute atomic E-state index is 0.0351. The van der Waals surface area contributed by atoms with E-state index in [-0.39, 0.29) is 32.6 Å². The van der Waals surface area contributed by atoms with Gasteiger partial charge in [0.2, 0.25) is 0 Å². The van der Waals surface area contributed by atoms with Crippen LogP contribution in [0.15, 0.2) is 70.8 Å². The molecule has 0 aliphatic heterocycles. The van der Waals surface area contributed by atoms with E-state index in [4.69, 9.17) is 16.3 Å². The zero-order valence-electron chi connectivity index (χ0n) is 18.6. The van der Waals surface area contributed by atoms with Crippen molar-refractivity contribution in [1.82, 2.24) is 10.4 Å². The van der Waals surface area contributed by atoms with Gasteiger partial charge in [0.1, 0.15) is 12.3 Å². The maximum Gasteiger partial charge on any atom is 0.273 e. The van der Waals surface area contributed by atoms with Gasteiger partial charge in [0, 0.05) is 22.8 Å². The molecule has 13 heteroatoms. The van der Waals surface area contributed by atoms with Gasteiger partial charge < -0.3 is 4.74 Å². The summed E-state index contributed by atoms with van der Waals surface area (Å²) in [4.78, 5) is 27.0. The Balaban J connectivity index is 2.01. The Kier molecular flexibility index (Phi) is 7.99. The monoisotopic (exact) mass is 517 g/mol. The van der Waals surface area contributed by atoms with Gasteiger partial charge in [0.15, 0.2) is 0 Å². The zero-order chi connectivity index (χ0) is 25.6. The number of nitrogens with one attached hydrogen (secondary N) is 1. The van der Waals surface area contributed by atoms with Crippen LogP contribution in [-0.2, 0) is 14.8 Å². The Morgan fingerprint density at radius 2 is 2.03 bits per heavy atom. The van der Waals surface area contributed by atoms with Crippen LogP contribution in [0.2, 0.25) is 5.02 Å². The van der Waals surface area contributed by atoms with Crippen molar-refractivity contribution < 1.29 is 22.9 Å². The molecule has 3 aromatic rings. The number of amides is 1. The Hall–Kier alpha value is -4.03. The second-order valence-corrected chi connectivity index (χ2v) is 9.38. The Bertz CT molecular complexity index is 1380. The second-order valence-electron chi connectivity index (χ2n) is 7.08. The highest BCUT2D eigenvalue weighted by atomic mass is 35.5. The quantitative estimate of drug-likeness (QED) is 0.260. The van der Waals surface area contributed by atoms with Gasteiger partial charge in [-0.15, -0.1) is 0 Å². The van der Waals surface area contributed by atoms with E-state index in [1.165, 1.54) is 50.6 Å². The van der Waals surface area contributed by atoms with Gasteiger partial charge >= 0.3 is 0 Å². The number of aryl methyl sites for hydroxylation is 1. The number of sulfonamides is 1. The number of pyridine rings is 1. The molecule has 0 aliphatic rings. The van der Waals surface area contributed by atoms with Crippen LogP contribution < -0.4 is 14.5 Å². The molecule has 0 radical (unpaired) electrons. The Labute approximate surface area is 206 Å². The third kappa shape index (κ3) is 6.11. The van der Waals surface area contributed by atoms with Crippen molar-refractivity contribution in [3.05, 3.63) is 87.2 Å². The molecule has 3 rings (SSSR count). The summed E-state index contributed by atoms with van der Waals surface area (Å²) < 4.78 is 33.2. The summed E-state index contributed by atoms with van der Waals surface area (Å²) in [5, 5.41) is 15.4. The number of hydrogen-bond acceptors (Lipinski definition) is 8. The minimum atomic E-state index is -4.48. The van der Waals surface area contributed by atoms with E-state index in [9.17, 15) is 23.3 Å². The number of rotatable bonds is 9. The first kappa shape index (κ1) is 25.6. The highest BCUT2D eigenvalue weighted by Gasteiger charge is 2.31. The predicted octanol–water partition coefficient (Wildman–Crippen LogP) is 3.31. The van der Waals surface area contributed by atoms with E-state index in [2.05, 4.69) is 15.5 Å². The largest absolute Gasteiger partial charge is 0.495 e. The molecule has 0 aliphatic carbocycles. The Morgan fingerprint density at radius 3 is 2.69 bits per heavy atom. The number of nitrogens with zero attached hydrogens (tertiary/aromatic N) is 4. The van der Waals surface area contributed by atoms with Gasteiger partial charge in [0.25, 0.3) is 21.6 Å². The van der Waals surface area contributed by atoms with E-state index >= 15 is 0 Å². The van der Waals surface area contributed by atoms with Crippen molar-refractivity contribution in [2.45, 2.75) is 11.8 Å². The van der Waals surface area contributed by atoms with Crippen LogP contribution in [0.25, 0.3) is 0 Å². The predicted molar refractivity (Wildman–Crippen MR) is 130 cm³/mol. The molecular weight excluding hydrogens is 498 g/mol. The summed E-state index contributed by atoms with van der Waals surface area (Å²) >= 11 is 6.09. The number of aromatic nitrogens is 1. The number of benzene rings is 2. The first-order valence-electron chi connectivity index (χ1n) is 9.97. The smallest absolute Gasteiger partial charge is 0.273 e. The van der Waals surface area contributed by atoms with Crippen molar-refractivity contribution in [3.8, 4) is 5.75 Å². The van der Waals surface area contributed by atoms with Crippen LogP contribution >= 0.6 is 11.6 Å². The second kappa shape index (κ2) is 10.9. The normalized spacial score (nSPS) is 11.3. The van der Waals surface area contributed by atoms with Crippen LogP contribution in [0.3, 0.4) is 0 Å². The zero-order valence-corrected chi connectivity index (χ0v) is 20.2. The molecule has 0 atom stereocenters. The van der Waals surface area contributed by atoms with E-state index in [0.717, 1.165) is 10.4 Å². The molecule has 0 bridgehead atoms. The number of anilines is 1. The number of nitro groups is 1. The molecule has 35 heavy (non-hydrogen) atoms. The standard InChI is InChI=1S/C22H20ClN5O6S/c1-15-6-8-18(12-19(15)28(30)31)35(32,33)27(20-11-16(23)7-9-21(20)34-2)14-22(29)26-25-13-17-5-3-4-10-24-17/h3-13H,14H2,1-2H3,(H,26,29). The molecule has 0 saturated heterocycles. The van der Waals surface area contributed by atoms with Crippen LogP contribution in [0.1, 0.15) is 11.3 Å².